The third-order valence-electron chi connectivity index (χ3n) is 5.78. The molecule has 8 bridgehead atoms. The Morgan fingerprint density at radius 1 is 0.438 bits per heavy atom. The fourth-order valence-electron chi connectivity index (χ4n) is 5.05. The molecule has 8 atom stereocenters. The summed E-state index contributed by atoms with van der Waals surface area (Å²) in [5.41, 5.74) is 0. The van der Waals surface area contributed by atoms with E-state index in [4.69, 9.17) is 0 Å². The highest BCUT2D eigenvalue weighted by molar-refractivity contribution is 5.35. The van der Waals surface area contributed by atoms with Gasteiger partial charge < -0.3 is 0 Å². The van der Waals surface area contributed by atoms with Crippen molar-refractivity contribution in [1.29, 1.82) is 0 Å². The third kappa shape index (κ3) is 0.792. The first-order valence-electron chi connectivity index (χ1n) is 6.67. The first kappa shape index (κ1) is 8.55. The van der Waals surface area contributed by atoms with Crippen LogP contribution in [0.25, 0.3) is 0 Å². The quantitative estimate of drug-likeness (QED) is 0.537. The second kappa shape index (κ2) is 2.66. The van der Waals surface area contributed by atoms with Gasteiger partial charge in [0, 0.05) is 0 Å². The van der Waals surface area contributed by atoms with Crippen LogP contribution in [-0.2, 0) is 0 Å². The van der Waals surface area contributed by atoms with Gasteiger partial charge in [-0.2, -0.15) is 0 Å². The van der Waals surface area contributed by atoms with Gasteiger partial charge in [0.25, 0.3) is 0 Å². The van der Waals surface area contributed by atoms with Crippen LogP contribution >= 0.6 is 0 Å². The molecular formula is C16H16. The molecule has 0 N–H and O–H groups in total. The monoisotopic (exact) mass is 208 g/mol. The first-order chi connectivity index (χ1) is 7.93. The summed E-state index contributed by atoms with van der Waals surface area (Å²) in [6, 6.07) is 0. The molecule has 4 saturated carbocycles. The van der Waals surface area contributed by atoms with Gasteiger partial charge in [0.2, 0.25) is 0 Å². The zero-order chi connectivity index (χ0) is 10.3. The summed E-state index contributed by atoms with van der Waals surface area (Å²) in [4.78, 5) is 0. The normalized spacial score (nSPS) is 66.0. The first-order valence-corrected chi connectivity index (χ1v) is 6.67. The van der Waals surface area contributed by atoms with Crippen LogP contribution in [0.5, 0.6) is 0 Å². The Labute approximate surface area is 97.8 Å². The molecule has 0 saturated heterocycles. The number of hydrogen-bond donors (Lipinski definition) is 0. The van der Waals surface area contributed by atoms with Crippen molar-refractivity contribution in [1.82, 2.24) is 0 Å². The van der Waals surface area contributed by atoms with Crippen molar-refractivity contribution in [2.45, 2.75) is 0 Å². The average molecular weight is 208 g/mol. The van der Waals surface area contributed by atoms with Gasteiger partial charge in [0.05, 0.1) is 0 Å². The van der Waals surface area contributed by atoms with E-state index < -0.39 is 0 Å². The summed E-state index contributed by atoms with van der Waals surface area (Å²) >= 11 is 0. The van der Waals surface area contributed by atoms with Crippen molar-refractivity contribution in [3.63, 3.8) is 0 Å². The molecule has 0 aromatic heterocycles. The summed E-state index contributed by atoms with van der Waals surface area (Å²) in [7, 11) is 0. The molecule has 80 valence electrons. The fraction of sp³-hybridized carbons (Fsp3) is 0.500. The van der Waals surface area contributed by atoms with E-state index in [0.717, 1.165) is 41.4 Å². The van der Waals surface area contributed by atoms with Crippen LogP contribution in [0.2, 0.25) is 0 Å². The van der Waals surface area contributed by atoms with Crippen LogP contribution in [0.3, 0.4) is 0 Å². The summed E-state index contributed by atoms with van der Waals surface area (Å²) in [6.07, 6.45) is 20.2. The van der Waals surface area contributed by atoms with Crippen LogP contribution in [0.15, 0.2) is 24.3 Å². The highest BCUT2D eigenvalue weighted by Gasteiger charge is 2.60. The Balaban J connectivity index is 1.76. The van der Waals surface area contributed by atoms with Gasteiger partial charge >= 0.3 is 0 Å². The van der Waals surface area contributed by atoms with E-state index in [0.29, 0.717) is 5.92 Å². The predicted octanol–water partition coefficient (Wildman–Crippen LogP) is 2.91. The van der Waals surface area contributed by atoms with E-state index in [1.165, 1.54) is 0 Å². The zero-order valence-electron chi connectivity index (χ0n) is 9.24. The molecule has 0 aliphatic heterocycles. The molecule has 0 spiro atoms. The summed E-state index contributed by atoms with van der Waals surface area (Å²) < 4.78 is 0. The Morgan fingerprint density at radius 3 is 1.75 bits per heavy atom. The number of allylic oxidation sites excluding steroid dienone is 4. The van der Waals surface area contributed by atoms with Crippen molar-refractivity contribution in [3.8, 4) is 0 Å². The van der Waals surface area contributed by atoms with Gasteiger partial charge in [-0.3, -0.25) is 0 Å². The van der Waals surface area contributed by atoms with Crippen LogP contribution < -0.4 is 0 Å². The van der Waals surface area contributed by atoms with E-state index in [1.54, 1.807) is 0 Å². The highest BCUT2D eigenvalue weighted by atomic mass is 14.6. The maximum absolute atomic E-state index is 2.54. The molecule has 8 aliphatic rings. The number of rotatable bonds is 0. The zero-order valence-corrected chi connectivity index (χ0v) is 9.24. The van der Waals surface area contributed by atoms with Crippen LogP contribution in [0, 0.1) is 73.0 Å². The Hall–Kier alpha value is -0.520. The Morgan fingerprint density at radius 2 is 1.00 bits per heavy atom. The second-order valence-corrected chi connectivity index (χ2v) is 6.16. The van der Waals surface area contributed by atoms with E-state index in [-0.39, 0.29) is 0 Å². The lowest BCUT2D eigenvalue weighted by atomic mass is 9.40. The minimum Gasteiger partial charge on any atom is -0.0842 e. The topological polar surface area (TPSA) is 0 Å². The summed E-state index contributed by atoms with van der Waals surface area (Å²) in [5.74, 6) is 6.46. The molecule has 0 amide bonds. The van der Waals surface area contributed by atoms with Crippen molar-refractivity contribution in [2.24, 2.45) is 47.3 Å². The Kier molecular flexibility index (Phi) is 1.42. The average Bonchev–Trinajstić information content (AvgIpc) is 2.23. The van der Waals surface area contributed by atoms with Gasteiger partial charge in [0.15, 0.2) is 0 Å². The molecule has 8 aliphatic carbocycles. The van der Waals surface area contributed by atoms with Gasteiger partial charge in [0.1, 0.15) is 0 Å². The standard InChI is InChI=1S/C16H16/c1-3-13-11-7-8-15-12-6-5-10(11)9(1)2-4-14(12)16(13)15/h1-16H/b4-2-. The minimum absolute atomic E-state index is 0.668. The highest BCUT2D eigenvalue weighted by Crippen LogP contribution is 2.65. The molecule has 4 fully saturated rings. The molecule has 16 heavy (non-hydrogen) atoms. The SMILES string of the molecule is [CH]1[CH]C2C3[CH][CH]C4C1C1C=CC4C3C2/C=C\1. The molecule has 0 aromatic carbocycles. The van der Waals surface area contributed by atoms with E-state index in [9.17, 15) is 0 Å². The predicted molar refractivity (Wildman–Crippen MR) is 63.4 cm³/mol. The molecule has 0 aromatic rings. The lowest BCUT2D eigenvalue weighted by Gasteiger charge is -2.64. The minimum atomic E-state index is 0.668. The van der Waals surface area contributed by atoms with Crippen molar-refractivity contribution in [3.05, 3.63) is 50.0 Å². The molecule has 0 heteroatoms. The van der Waals surface area contributed by atoms with Crippen LogP contribution in [0.1, 0.15) is 0 Å². The van der Waals surface area contributed by atoms with Gasteiger partial charge in [-0.05, 0) is 73.0 Å². The van der Waals surface area contributed by atoms with E-state index in [2.05, 4.69) is 50.0 Å². The van der Waals surface area contributed by atoms with E-state index in [1.807, 2.05) is 0 Å². The van der Waals surface area contributed by atoms with E-state index >= 15 is 0 Å². The molecule has 0 heterocycles. The molecular weight excluding hydrogens is 192 g/mol. The Bertz CT molecular complexity index is 391. The van der Waals surface area contributed by atoms with Crippen LogP contribution in [0.4, 0.5) is 0 Å². The molecule has 8 rings (SSSR count). The van der Waals surface area contributed by atoms with Crippen molar-refractivity contribution < 1.29 is 0 Å². The van der Waals surface area contributed by atoms with Gasteiger partial charge in [-0.15, -0.1) is 0 Å². The molecule has 4 radical (unpaired) electrons. The fourth-order valence-corrected chi connectivity index (χ4v) is 5.05. The van der Waals surface area contributed by atoms with Gasteiger partial charge in [-0.25, -0.2) is 0 Å². The number of fused-ring (bicyclic) bond motifs is 1. The van der Waals surface area contributed by atoms with Crippen molar-refractivity contribution in [2.75, 3.05) is 0 Å². The lowest BCUT2D eigenvalue weighted by molar-refractivity contribution is -0.0403. The lowest BCUT2D eigenvalue weighted by Crippen LogP contribution is -2.59. The molecule has 0 nitrogen and oxygen atoms in total. The van der Waals surface area contributed by atoms with Crippen LogP contribution in [-0.4, -0.2) is 0 Å². The third-order valence-corrected chi connectivity index (χ3v) is 5.78. The smallest absolute Gasteiger partial charge is 0.00192 e. The number of hydrogen-bond acceptors (Lipinski definition) is 0. The largest absolute Gasteiger partial charge is 0.0842 e. The van der Waals surface area contributed by atoms with Gasteiger partial charge in [-0.1, -0.05) is 24.3 Å². The summed E-state index contributed by atoms with van der Waals surface area (Å²) in [5, 5.41) is 0. The van der Waals surface area contributed by atoms with Crippen molar-refractivity contribution >= 4 is 0 Å². The second-order valence-electron chi connectivity index (χ2n) is 6.16. The maximum atomic E-state index is 2.54. The maximum Gasteiger partial charge on any atom is -0.00192 e. The molecule has 8 unspecified atom stereocenters. The summed E-state index contributed by atoms with van der Waals surface area (Å²) in [6.45, 7) is 0.